The number of fused-ring (bicyclic) bond motifs is 1. The van der Waals surface area contributed by atoms with Gasteiger partial charge >= 0.3 is 0 Å². The second-order valence-corrected chi connectivity index (χ2v) is 6.86. The highest BCUT2D eigenvalue weighted by Gasteiger charge is 2.38. The van der Waals surface area contributed by atoms with Gasteiger partial charge in [0.2, 0.25) is 0 Å². The minimum absolute atomic E-state index is 0.00416. The van der Waals surface area contributed by atoms with E-state index in [1.54, 1.807) is 11.9 Å². The van der Waals surface area contributed by atoms with E-state index < -0.39 is 6.04 Å². The van der Waals surface area contributed by atoms with Gasteiger partial charge in [0.05, 0.1) is 11.7 Å². The van der Waals surface area contributed by atoms with Crippen molar-refractivity contribution in [1.29, 1.82) is 0 Å². The summed E-state index contributed by atoms with van der Waals surface area (Å²) < 4.78 is 2.18. The second kappa shape index (κ2) is 6.44. The van der Waals surface area contributed by atoms with E-state index in [0.29, 0.717) is 18.7 Å². The molecule has 2 atom stereocenters. The summed E-state index contributed by atoms with van der Waals surface area (Å²) in [6.07, 6.45) is 2.40. The number of hydrazone groups is 1. The number of Topliss-reactive ketones (excluding diaryl/α,β-unsaturated/α-hetero) is 1. The molecule has 0 saturated heterocycles. The molecule has 0 bridgehead atoms. The van der Waals surface area contributed by atoms with Gasteiger partial charge in [-0.2, -0.15) is 5.10 Å². The fourth-order valence-electron chi connectivity index (χ4n) is 3.80. The quantitative estimate of drug-likeness (QED) is 0.855. The number of hydrogen-bond acceptors (Lipinski definition) is 4. The van der Waals surface area contributed by atoms with Gasteiger partial charge in [0.25, 0.3) is 5.91 Å². The van der Waals surface area contributed by atoms with Crippen LogP contribution >= 0.6 is 0 Å². The summed E-state index contributed by atoms with van der Waals surface area (Å²) in [4.78, 5) is 27.1. The third kappa shape index (κ3) is 2.71. The lowest BCUT2D eigenvalue weighted by atomic mass is 10.0. The monoisotopic (exact) mass is 350 g/mol. The summed E-state index contributed by atoms with van der Waals surface area (Å²) in [6, 6.07) is 13.2. The highest BCUT2D eigenvalue weighted by Crippen LogP contribution is 2.29. The van der Waals surface area contributed by atoms with Crippen LogP contribution in [0.5, 0.6) is 0 Å². The number of anilines is 1. The number of para-hydroxylation sites is 1. The number of amides is 1. The topological polar surface area (TPSA) is 57.9 Å². The van der Waals surface area contributed by atoms with E-state index in [-0.39, 0.29) is 17.7 Å². The van der Waals surface area contributed by atoms with Crippen molar-refractivity contribution >= 4 is 23.1 Å². The van der Waals surface area contributed by atoms with Gasteiger partial charge in [-0.3, -0.25) is 14.6 Å². The van der Waals surface area contributed by atoms with Gasteiger partial charge in [-0.25, -0.2) is 0 Å². The van der Waals surface area contributed by atoms with Crippen LogP contribution in [0.25, 0.3) is 0 Å². The molecule has 3 heterocycles. The zero-order valence-corrected chi connectivity index (χ0v) is 15.0. The first-order chi connectivity index (χ1) is 12.6. The molecular weight excluding hydrogens is 328 g/mol. The molecule has 0 aliphatic carbocycles. The molecule has 26 heavy (non-hydrogen) atoms. The van der Waals surface area contributed by atoms with E-state index in [1.807, 2.05) is 54.4 Å². The number of rotatable bonds is 3. The average molecular weight is 350 g/mol. The normalized spacial score (nSPS) is 22.2. The molecule has 0 spiro atoms. The zero-order chi connectivity index (χ0) is 18.3. The lowest BCUT2D eigenvalue weighted by molar-refractivity contribution is -0.127. The Bertz CT molecular complexity index is 871. The molecule has 2 aliphatic heterocycles. The van der Waals surface area contributed by atoms with E-state index >= 15 is 0 Å². The van der Waals surface area contributed by atoms with Crippen molar-refractivity contribution in [3.63, 3.8) is 0 Å². The molecule has 0 radical (unpaired) electrons. The standard InChI is InChI=1S/C20H22N4O2/c1-14-18-9-6-10-22(18)11-12-23(14)20(26)17-13-19(15(2)25)24(21-17)16-7-4-3-5-8-16/h3-10,14,19H,11-13H2,1-2H3. The third-order valence-electron chi connectivity index (χ3n) is 5.25. The Morgan fingerprint density at radius 3 is 2.58 bits per heavy atom. The van der Waals surface area contributed by atoms with Gasteiger partial charge in [-0.15, -0.1) is 0 Å². The maximum atomic E-state index is 13.1. The van der Waals surface area contributed by atoms with Crippen LogP contribution in [0.3, 0.4) is 0 Å². The van der Waals surface area contributed by atoms with Crippen LogP contribution in [0.1, 0.15) is 32.0 Å². The van der Waals surface area contributed by atoms with Gasteiger partial charge in [-0.1, -0.05) is 18.2 Å². The SMILES string of the molecule is CC(=O)C1CC(C(=O)N2CCn3cccc3C2C)=NN1c1ccccc1. The lowest BCUT2D eigenvalue weighted by Gasteiger charge is -2.34. The van der Waals surface area contributed by atoms with Crippen molar-refractivity contribution in [2.75, 3.05) is 11.6 Å². The molecule has 1 amide bonds. The molecule has 6 nitrogen and oxygen atoms in total. The fourth-order valence-corrected chi connectivity index (χ4v) is 3.80. The Kier molecular flexibility index (Phi) is 4.11. The minimum Gasteiger partial charge on any atom is -0.348 e. The smallest absolute Gasteiger partial charge is 0.270 e. The number of carbonyl (C=O) groups is 2. The molecular formula is C20H22N4O2. The minimum atomic E-state index is -0.416. The van der Waals surface area contributed by atoms with Crippen LogP contribution < -0.4 is 5.01 Å². The average Bonchev–Trinajstić information content (AvgIpc) is 3.30. The lowest BCUT2D eigenvalue weighted by Crippen LogP contribution is -2.44. The zero-order valence-electron chi connectivity index (χ0n) is 15.0. The van der Waals surface area contributed by atoms with Crippen LogP contribution in [-0.4, -0.2) is 39.5 Å². The van der Waals surface area contributed by atoms with Crippen molar-refractivity contribution in [3.8, 4) is 0 Å². The van der Waals surface area contributed by atoms with E-state index in [1.165, 1.54) is 0 Å². The maximum absolute atomic E-state index is 13.1. The Morgan fingerprint density at radius 2 is 1.85 bits per heavy atom. The second-order valence-electron chi connectivity index (χ2n) is 6.86. The van der Waals surface area contributed by atoms with Gasteiger partial charge < -0.3 is 9.47 Å². The number of benzene rings is 1. The molecule has 4 rings (SSSR count). The molecule has 2 unspecified atom stereocenters. The summed E-state index contributed by atoms with van der Waals surface area (Å²) in [6.45, 7) is 5.02. The van der Waals surface area contributed by atoms with Crippen molar-refractivity contribution in [1.82, 2.24) is 9.47 Å². The largest absolute Gasteiger partial charge is 0.348 e. The summed E-state index contributed by atoms with van der Waals surface area (Å²) in [5.74, 6) is -0.0596. The van der Waals surface area contributed by atoms with Crippen molar-refractivity contribution in [2.24, 2.45) is 5.10 Å². The maximum Gasteiger partial charge on any atom is 0.270 e. The summed E-state index contributed by atoms with van der Waals surface area (Å²) in [5.41, 5.74) is 2.42. The first-order valence-corrected chi connectivity index (χ1v) is 8.94. The van der Waals surface area contributed by atoms with E-state index in [4.69, 9.17) is 0 Å². The number of hydrogen-bond donors (Lipinski definition) is 0. The van der Waals surface area contributed by atoms with Crippen LogP contribution in [0.15, 0.2) is 53.8 Å². The Hall–Kier alpha value is -2.89. The molecule has 1 aromatic heterocycles. The van der Waals surface area contributed by atoms with Gasteiger partial charge in [-0.05, 0) is 38.1 Å². The van der Waals surface area contributed by atoms with Crippen molar-refractivity contribution < 1.29 is 9.59 Å². The van der Waals surface area contributed by atoms with Gasteiger partial charge in [0, 0.05) is 31.4 Å². The third-order valence-corrected chi connectivity index (χ3v) is 5.25. The van der Waals surface area contributed by atoms with E-state index in [2.05, 4.69) is 15.7 Å². The summed E-state index contributed by atoms with van der Waals surface area (Å²) in [5, 5.41) is 6.23. The molecule has 1 aromatic carbocycles. The predicted octanol–water partition coefficient (Wildman–Crippen LogP) is 2.62. The fraction of sp³-hybridized carbons (Fsp3) is 0.350. The van der Waals surface area contributed by atoms with Crippen molar-refractivity contribution in [3.05, 3.63) is 54.4 Å². The summed E-state index contributed by atoms with van der Waals surface area (Å²) >= 11 is 0. The highest BCUT2D eigenvalue weighted by atomic mass is 16.2. The number of carbonyl (C=O) groups excluding carboxylic acids is 2. The van der Waals surface area contributed by atoms with E-state index in [9.17, 15) is 9.59 Å². The number of aromatic nitrogens is 1. The molecule has 0 N–H and O–H groups in total. The van der Waals surface area contributed by atoms with Gasteiger partial charge in [0.1, 0.15) is 11.8 Å². The molecule has 6 heteroatoms. The summed E-state index contributed by atoms with van der Waals surface area (Å²) in [7, 11) is 0. The Labute approximate surface area is 152 Å². The van der Waals surface area contributed by atoms with Gasteiger partial charge in [0.15, 0.2) is 5.78 Å². The molecule has 2 aromatic rings. The highest BCUT2D eigenvalue weighted by molar-refractivity contribution is 6.40. The molecule has 134 valence electrons. The van der Waals surface area contributed by atoms with Crippen LogP contribution in [0.4, 0.5) is 5.69 Å². The van der Waals surface area contributed by atoms with Crippen LogP contribution in [0.2, 0.25) is 0 Å². The first-order valence-electron chi connectivity index (χ1n) is 8.94. The number of ketones is 1. The van der Waals surface area contributed by atoms with Crippen LogP contribution in [-0.2, 0) is 16.1 Å². The van der Waals surface area contributed by atoms with E-state index in [0.717, 1.165) is 17.9 Å². The predicted molar refractivity (Wildman–Crippen MR) is 100 cm³/mol. The molecule has 2 aliphatic rings. The van der Waals surface area contributed by atoms with Crippen LogP contribution in [0, 0.1) is 0 Å². The van der Waals surface area contributed by atoms with Crippen molar-refractivity contribution in [2.45, 2.75) is 38.9 Å². The number of nitrogens with zero attached hydrogens (tertiary/aromatic N) is 4. The Morgan fingerprint density at radius 1 is 1.08 bits per heavy atom. The molecule has 0 saturated carbocycles. The Balaban J connectivity index is 1.61. The molecule has 0 fully saturated rings. The first kappa shape index (κ1) is 16.6.